The topological polar surface area (TPSA) is 46.5 Å². The van der Waals surface area contributed by atoms with Gasteiger partial charge >= 0.3 is 5.97 Å². The molecule has 1 N–H and O–H groups in total. The Morgan fingerprint density at radius 3 is 2.60 bits per heavy atom. The average molecular weight is 144 g/mol. The number of esters is 1. The summed E-state index contributed by atoms with van der Waals surface area (Å²) in [5.41, 5.74) is 0.347. The lowest BCUT2D eigenvalue weighted by molar-refractivity contribution is -0.145. The molecule has 0 saturated heterocycles. The molecule has 0 aliphatic rings. The van der Waals surface area contributed by atoms with Crippen LogP contribution in [0.25, 0.3) is 0 Å². The molecule has 58 valence electrons. The third kappa shape index (κ3) is 3.25. The van der Waals surface area contributed by atoms with Crippen molar-refractivity contribution in [2.75, 3.05) is 6.61 Å². The molecule has 0 amide bonds. The van der Waals surface area contributed by atoms with Crippen LogP contribution < -0.4 is 0 Å². The standard InChI is InChI=1S/C7H12O3/c1-5(2)7(9)10-6(3)4-8/h6,8H,1,4H2,2-3H3/t6-/m1/s1. The van der Waals surface area contributed by atoms with Crippen LogP contribution in [0.15, 0.2) is 12.2 Å². The highest BCUT2D eigenvalue weighted by molar-refractivity contribution is 5.87. The van der Waals surface area contributed by atoms with Crippen LogP contribution in [0, 0.1) is 0 Å². The molecule has 3 heteroatoms. The van der Waals surface area contributed by atoms with Crippen LogP contribution >= 0.6 is 0 Å². The Morgan fingerprint density at radius 1 is 1.80 bits per heavy atom. The summed E-state index contributed by atoms with van der Waals surface area (Å²) in [4.78, 5) is 10.7. The summed E-state index contributed by atoms with van der Waals surface area (Å²) in [6.45, 7) is 6.41. The minimum Gasteiger partial charge on any atom is -0.457 e. The fourth-order valence-electron chi connectivity index (χ4n) is 0.321. The van der Waals surface area contributed by atoms with E-state index in [2.05, 4.69) is 11.3 Å². The number of rotatable bonds is 3. The molecule has 0 unspecified atom stereocenters. The van der Waals surface area contributed by atoms with Crippen molar-refractivity contribution in [1.82, 2.24) is 0 Å². The summed E-state index contributed by atoms with van der Waals surface area (Å²) < 4.78 is 4.67. The molecular weight excluding hydrogens is 132 g/mol. The van der Waals surface area contributed by atoms with Gasteiger partial charge in [0, 0.05) is 5.57 Å². The number of hydrogen-bond acceptors (Lipinski definition) is 3. The molecule has 0 aliphatic carbocycles. The Hall–Kier alpha value is -0.830. The van der Waals surface area contributed by atoms with Crippen molar-refractivity contribution in [2.24, 2.45) is 0 Å². The van der Waals surface area contributed by atoms with Crippen molar-refractivity contribution in [3.8, 4) is 0 Å². The van der Waals surface area contributed by atoms with E-state index >= 15 is 0 Å². The van der Waals surface area contributed by atoms with Gasteiger partial charge in [0.25, 0.3) is 0 Å². The molecule has 3 nitrogen and oxygen atoms in total. The van der Waals surface area contributed by atoms with Crippen LogP contribution in [-0.2, 0) is 9.53 Å². The van der Waals surface area contributed by atoms with Crippen molar-refractivity contribution in [2.45, 2.75) is 20.0 Å². The first-order valence-electron chi connectivity index (χ1n) is 3.05. The van der Waals surface area contributed by atoms with Crippen molar-refractivity contribution in [1.29, 1.82) is 0 Å². The lowest BCUT2D eigenvalue weighted by Crippen LogP contribution is -2.18. The Kier molecular flexibility index (Phi) is 3.72. The normalized spacial score (nSPS) is 12.3. The summed E-state index contributed by atoms with van der Waals surface area (Å²) >= 11 is 0. The molecule has 0 spiro atoms. The zero-order chi connectivity index (χ0) is 8.15. The van der Waals surface area contributed by atoms with Gasteiger partial charge in [0.15, 0.2) is 0 Å². The zero-order valence-corrected chi connectivity index (χ0v) is 6.26. The smallest absolute Gasteiger partial charge is 0.333 e. The third-order valence-corrected chi connectivity index (χ3v) is 0.914. The Bertz CT molecular complexity index is 140. The van der Waals surface area contributed by atoms with E-state index < -0.39 is 12.1 Å². The molecule has 0 aromatic carbocycles. The van der Waals surface area contributed by atoms with E-state index in [-0.39, 0.29) is 6.61 Å². The minimum absolute atomic E-state index is 0.154. The zero-order valence-electron chi connectivity index (χ0n) is 6.26. The van der Waals surface area contributed by atoms with Crippen LogP contribution in [0.1, 0.15) is 13.8 Å². The van der Waals surface area contributed by atoms with Gasteiger partial charge in [-0.2, -0.15) is 0 Å². The van der Waals surface area contributed by atoms with E-state index in [1.165, 1.54) is 0 Å². The molecule has 0 fully saturated rings. The first-order valence-corrected chi connectivity index (χ1v) is 3.05. The third-order valence-electron chi connectivity index (χ3n) is 0.914. The van der Waals surface area contributed by atoms with E-state index in [0.29, 0.717) is 5.57 Å². The monoisotopic (exact) mass is 144 g/mol. The van der Waals surface area contributed by atoms with Gasteiger partial charge in [-0.25, -0.2) is 4.79 Å². The maximum absolute atomic E-state index is 10.7. The van der Waals surface area contributed by atoms with Gasteiger partial charge < -0.3 is 9.84 Å². The van der Waals surface area contributed by atoms with E-state index in [9.17, 15) is 4.79 Å². The quantitative estimate of drug-likeness (QED) is 0.463. The van der Waals surface area contributed by atoms with E-state index in [4.69, 9.17) is 5.11 Å². The molecule has 0 bridgehead atoms. The van der Waals surface area contributed by atoms with Crippen LogP contribution in [0.5, 0.6) is 0 Å². The lowest BCUT2D eigenvalue weighted by Gasteiger charge is -2.08. The number of ether oxygens (including phenoxy) is 1. The summed E-state index contributed by atoms with van der Waals surface area (Å²) in [7, 11) is 0. The van der Waals surface area contributed by atoms with Gasteiger partial charge in [-0.05, 0) is 13.8 Å². The molecule has 1 atom stereocenters. The van der Waals surface area contributed by atoms with Gasteiger partial charge in [0.2, 0.25) is 0 Å². The maximum Gasteiger partial charge on any atom is 0.333 e. The SMILES string of the molecule is C=C(C)C(=O)O[C@H](C)CO. The molecule has 0 rings (SSSR count). The largest absolute Gasteiger partial charge is 0.457 e. The number of aliphatic hydroxyl groups excluding tert-OH is 1. The summed E-state index contributed by atoms with van der Waals surface area (Å²) in [5, 5.41) is 8.46. The Balaban J connectivity index is 3.68. The second-order valence-corrected chi connectivity index (χ2v) is 2.18. The second-order valence-electron chi connectivity index (χ2n) is 2.18. The van der Waals surface area contributed by atoms with Crippen molar-refractivity contribution >= 4 is 5.97 Å². The predicted molar refractivity (Wildman–Crippen MR) is 37.5 cm³/mol. The second kappa shape index (κ2) is 4.06. The molecule has 0 aliphatic heterocycles. The minimum atomic E-state index is -0.457. The van der Waals surface area contributed by atoms with E-state index in [0.717, 1.165) is 0 Å². The summed E-state index contributed by atoms with van der Waals surface area (Å²) in [6, 6.07) is 0. The molecule has 10 heavy (non-hydrogen) atoms. The number of carbonyl (C=O) groups is 1. The summed E-state index contributed by atoms with van der Waals surface area (Å²) in [6.07, 6.45) is -0.441. The molecule has 0 heterocycles. The maximum atomic E-state index is 10.7. The highest BCUT2D eigenvalue weighted by atomic mass is 16.5. The number of hydrogen-bond donors (Lipinski definition) is 1. The molecule has 0 saturated carbocycles. The predicted octanol–water partition coefficient (Wildman–Crippen LogP) is 0.486. The number of aliphatic hydroxyl groups is 1. The highest BCUT2D eigenvalue weighted by Gasteiger charge is 2.07. The van der Waals surface area contributed by atoms with Gasteiger partial charge in [-0.15, -0.1) is 0 Å². The molecular formula is C7H12O3. The number of carbonyl (C=O) groups excluding carboxylic acids is 1. The first-order chi connectivity index (χ1) is 4.57. The van der Waals surface area contributed by atoms with Crippen LogP contribution in [0.3, 0.4) is 0 Å². The van der Waals surface area contributed by atoms with Crippen LogP contribution in [0.4, 0.5) is 0 Å². The Morgan fingerprint density at radius 2 is 2.30 bits per heavy atom. The Labute approximate surface area is 60.3 Å². The van der Waals surface area contributed by atoms with E-state index in [1.807, 2.05) is 0 Å². The molecule has 0 radical (unpaired) electrons. The fourth-order valence-corrected chi connectivity index (χ4v) is 0.321. The van der Waals surface area contributed by atoms with Gasteiger partial charge in [-0.1, -0.05) is 6.58 Å². The van der Waals surface area contributed by atoms with Crippen molar-refractivity contribution in [3.63, 3.8) is 0 Å². The van der Waals surface area contributed by atoms with Crippen molar-refractivity contribution < 1.29 is 14.6 Å². The van der Waals surface area contributed by atoms with Gasteiger partial charge in [0.05, 0.1) is 6.61 Å². The van der Waals surface area contributed by atoms with Gasteiger partial charge in [0.1, 0.15) is 6.10 Å². The van der Waals surface area contributed by atoms with E-state index in [1.54, 1.807) is 13.8 Å². The van der Waals surface area contributed by atoms with Gasteiger partial charge in [-0.3, -0.25) is 0 Å². The summed E-state index contributed by atoms with van der Waals surface area (Å²) in [5.74, 6) is -0.457. The lowest BCUT2D eigenvalue weighted by atomic mass is 10.3. The van der Waals surface area contributed by atoms with Crippen molar-refractivity contribution in [3.05, 3.63) is 12.2 Å². The van der Waals surface area contributed by atoms with Crippen LogP contribution in [-0.4, -0.2) is 23.8 Å². The molecule has 0 aromatic rings. The fraction of sp³-hybridized carbons (Fsp3) is 0.571. The highest BCUT2D eigenvalue weighted by Crippen LogP contribution is 1.96. The molecule has 0 aromatic heterocycles. The van der Waals surface area contributed by atoms with Crippen LogP contribution in [0.2, 0.25) is 0 Å². The average Bonchev–Trinajstić information content (AvgIpc) is 1.87. The first kappa shape index (κ1) is 9.17.